The van der Waals surface area contributed by atoms with Gasteiger partial charge < -0.3 is 14.7 Å². The van der Waals surface area contributed by atoms with E-state index in [1.54, 1.807) is 25.4 Å². The van der Waals surface area contributed by atoms with Crippen molar-refractivity contribution in [2.24, 2.45) is 11.8 Å². The maximum absolute atomic E-state index is 15.6. The van der Waals surface area contributed by atoms with E-state index in [4.69, 9.17) is 27.9 Å². The lowest BCUT2D eigenvalue weighted by Crippen LogP contribution is -2.41. The molecule has 1 saturated heterocycles. The molecule has 4 rings (SSSR count). The number of ether oxygens (including phenoxy) is 1. The Labute approximate surface area is 240 Å². The Kier molecular flexibility index (Phi) is 10.8. The van der Waals surface area contributed by atoms with Crippen LogP contribution < -0.4 is 4.74 Å². The number of alkyl halides is 1. The molecular weight excluding hydrogens is 538 g/mol. The second kappa shape index (κ2) is 14.3. The second-order valence-electron chi connectivity index (χ2n) is 10.5. The molecule has 2 aromatic carbocycles. The first-order valence-corrected chi connectivity index (χ1v) is 14.5. The largest absolute Gasteiger partial charge is 0.497 e. The number of pyridine rings is 1. The molecule has 0 radical (unpaired) electrons. The molecule has 0 unspecified atom stereocenters. The van der Waals surface area contributed by atoms with Crippen LogP contribution in [0.4, 0.5) is 4.39 Å². The van der Waals surface area contributed by atoms with Gasteiger partial charge in [0.25, 0.3) is 0 Å². The van der Waals surface area contributed by atoms with Crippen molar-refractivity contribution in [2.45, 2.75) is 57.5 Å². The maximum atomic E-state index is 15.6. The summed E-state index contributed by atoms with van der Waals surface area (Å²) in [7, 11) is 1.60. The highest BCUT2D eigenvalue weighted by Crippen LogP contribution is 2.37. The number of nitrogens with zero attached hydrogens (tertiary/aromatic N) is 2. The van der Waals surface area contributed by atoms with Gasteiger partial charge in [0.05, 0.1) is 22.7 Å². The second-order valence-corrected chi connectivity index (χ2v) is 11.3. The average Bonchev–Trinajstić information content (AvgIpc) is 2.94. The molecule has 0 saturated carbocycles. The van der Waals surface area contributed by atoms with Crippen molar-refractivity contribution in [3.05, 3.63) is 69.8 Å². The Hall–Kier alpha value is -2.41. The number of methoxy groups -OCH3 is 1. The number of carboxylic acid groups (broad SMARTS) is 1. The van der Waals surface area contributed by atoms with Gasteiger partial charge in [0, 0.05) is 24.5 Å². The van der Waals surface area contributed by atoms with Crippen LogP contribution in [0.2, 0.25) is 10.0 Å². The molecule has 3 atom stereocenters. The highest BCUT2D eigenvalue weighted by molar-refractivity contribution is 6.42. The zero-order chi connectivity index (χ0) is 27.8. The summed E-state index contributed by atoms with van der Waals surface area (Å²) in [6.07, 6.45) is 6.35. The topological polar surface area (TPSA) is 62.7 Å². The summed E-state index contributed by atoms with van der Waals surface area (Å²) in [6, 6.07) is 13.0. The Balaban J connectivity index is 1.32. The summed E-state index contributed by atoms with van der Waals surface area (Å²) in [6.45, 7) is 2.78. The van der Waals surface area contributed by atoms with Crippen molar-refractivity contribution >= 4 is 40.1 Å². The molecule has 210 valence electrons. The molecule has 1 aliphatic heterocycles. The number of aliphatic carboxylic acids is 1. The van der Waals surface area contributed by atoms with Crippen LogP contribution >= 0.6 is 23.2 Å². The zero-order valence-electron chi connectivity index (χ0n) is 22.4. The van der Waals surface area contributed by atoms with Crippen molar-refractivity contribution in [2.75, 3.05) is 26.7 Å². The van der Waals surface area contributed by atoms with Crippen LogP contribution in [0.15, 0.2) is 48.7 Å². The Morgan fingerprint density at radius 3 is 2.82 bits per heavy atom. The number of hydrogen-bond donors (Lipinski definition) is 1. The minimum atomic E-state index is -1.11. The van der Waals surface area contributed by atoms with E-state index in [1.807, 2.05) is 30.3 Å². The normalized spacial score (nSPS) is 18.8. The molecule has 0 bridgehead atoms. The van der Waals surface area contributed by atoms with Crippen molar-refractivity contribution in [3.63, 3.8) is 0 Å². The van der Waals surface area contributed by atoms with Crippen LogP contribution in [0.3, 0.4) is 0 Å². The number of carbonyl (C=O) groups is 1. The SMILES string of the molecule is COc1ccc2nccc([C@H](F)CC[C@@H]3CCN(CCCCc4cccc(Cl)c4Cl)C[C@H]3CCC(=O)O)c2c1. The van der Waals surface area contributed by atoms with Crippen molar-refractivity contribution in [1.29, 1.82) is 0 Å². The number of benzene rings is 2. The number of rotatable bonds is 13. The lowest BCUT2D eigenvalue weighted by atomic mass is 9.79. The first-order valence-electron chi connectivity index (χ1n) is 13.8. The van der Waals surface area contributed by atoms with Gasteiger partial charge in [-0.05, 0) is 111 Å². The predicted molar refractivity (Wildman–Crippen MR) is 156 cm³/mol. The molecule has 3 aromatic rings. The average molecular weight is 576 g/mol. The van der Waals surface area contributed by atoms with Gasteiger partial charge in [0.15, 0.2) is 0 Å². The van der Waals surface area contributed by atoms with E-state index < -0.39 is 12.1 Å². The van der Waals surface area contributed by atoms with Gasteiger partial charge in [-0.3, -0.25) is 9.78 Å². The smallest absolute Gasteiger partial charge is 0.303 e. The summed E-state index contributed by atoms with van der Waals surface area (Å²) >= 11 is 12.5. The quantitative estimate of drug-likeness (QED) is 0.208. The van der Waals surface area contributed by atoms with Gasteiger partial charge in [0.1, 0.15) is 11.9 Å². The van der Waals surface area contributed by atoms with Crippen LogP contribution in [0.1, 0.15) is 62.2 Å². The highest BCUT2D eigenvalue weighted by atomic mass is 35.5. The van der Waals surface area contributed by atoms with E-state index in [9.17, 15) is 9.90 Å². The minimum Gasteiger partial charge on any atom is -0.497 e. The molecule has 1 aliphatic rings. The summed E-state index contributed by atoms with van der Waals surface area (Å²) in [4.78, 5) is 18.2. The van der Waals surface area contributed by atoms with Crippen molar-refractivity contribution < 1.29 is 19.0 Å². The monoisotopic (exact) mass is 574 g/mol. The van der Waals surface area contributed by atoms with Gasteiger partial charge in [-0.25, -0.2) is 4.39 Å². The highest BCUT2D eigenvalue weighted by Gasteiger charge is 2.30. The Morgan fingerprint density at radius 1 is 1.18 bits per heavy atom. The summed E-state index contributed by atoms with van der Waals surface area (Å²) in [5, 5.41) is 11.3. The predicted octanol–water partition coefficient (Wildman–Crippen LogP) is 8.17. The molecule has 2 heterocycles. The van der Waals surface area contributed by atoms with Crippen LogP contribution in [0.25, 0.3) is 10.9 Å². The van der Waals surface area contributed by atoms with Gasteiger partial charge in [-0.1, -0.05) is 35.3 Å². The molecule has 39 heavy (non-hydrogen) atoms. The summed E-state index contributed by atoms with van der Waals surface area (Å²) in [5.41, 5.74) is 2.46. The van der Waals surface area contributed by atoms with E-state index >= 15 is 4.39 Å². The molecule has 0 aliphatic carbocycles. The van der Waals surface area contributed by atoms with Gasteiger partial charge in [-0.2, -0.15) is 0 Å². The lowest BCUT2D eigenvalue weighted by molar-refractivity contribution is -0.137. The lowest BCUT2D eigenvalue weighted by Gasteiger charge is -2.39. The van der Waals surface area contributed by atoms with E-state index in [2.05, 4.69) is 9.88 Å². The van der Waals surface area contributed by atoms with E-state index in [0.29, 0.717) is 40.1 Å². The molecule has 0 amide bonds. The number of unbranched alkanes of at least 4 members (excludes halogenated alkanes) is 1. The Morgan fingerprint density at radius 2 is 2.03 bits per heavy atom. The number of likely N-dealkylation sites (tertiary alicyclic amines) is 1. The van der Waals surface area contributed by atoms with Gasteiger partial charge >= 0.3 is 5.97 Å². The molecule has 8 heteroatoms. The summed E-state index contributed by atoms with van der Waals surface area (Å²) < 4.78 is 20.9. The number of carboxylic acids is 1. The number of hydrogen-bond acceptors (Lipinski definition) is 4. The fourth-order valence-corrected chi connectivity index (χ4v) is 6.24. The first-order chi connectivity index (χ1) is 18.9. The van der Waals surface area contributed by atoms with Crippen LogP contribution in [-0.4, -0.2) is 47.7 Å². The number of fused-ring (bicyclic) bond motifs is 1. The fraction of sp³-hybridized carbons (Fsp3) is 0.484. The molecule has 1 N–H and O–H groups in total. The van der Waals surface area contributed by atoms with E-state index in [1.165, 1.54) is 0 Å². The molecule has 1 aromatic heterocycles. The van der Waals surface area contributed by atoms with E-state index in [-0.39, 0.29) is 12.3 Å². The minimum absolute atomic E-state index is 0.149. The molecule has 1 fully saturated rings. The number of aromatic nitrogens is 1. The third kappa shape index (κ3) is 8.06. The van der Waals surface area contributed by atoms with Gasteiger partial charge in [0.2, 0.25) is 0 Å². The maximum Gasteiger partial charge on any atom is 0.303 e. The molecule has 5 nitrogen and oxygen atoms in total. The van der Waals surface area contributed by atoms with Crippen molar-refractivity contribution in [3.8, 4) is 5.75 Å². The van der Waals surface area contributed by atoms with Crippen LogP contribution in [0, 0.1) is 11.8 Å². The number of aryl methyl sites for hydroxylation is 1. The molecule has 0 spiro atoms. The number of halogens is 3. The number of piperidine rings is 1. The Bertz CT molecular complexity index is 1260. The standard InChI is InChI=1S/C31H37Cl2FN2O3/c1-39-24-10-12-29-26(19-24)25(14-16-35-29)28(34)11-8-21-15-18-36(20-23(21)9-13-30(37)38)17-3-2-5-22-6-4-7-27(32)31(22)33/h4,6-7,10,12,14,16,19,21,23,28H,2-3,5,8-9,11,13,15,17-18,20H2,1H3,(H,37,38)/t21-,23-,28-/m1/s1. The third-order valence-electron chi connectivity index (χ3n) is 8.02. The van der Waals surface area contributed by atoms with Crippen LogP contribution in [-0.2, 0) is 11.2 Å². The van der Waals surface area contributed by atoms with Gasteiger partial charge in [-0.15, -0.1) is 0 Å². The van der Waals surface area contributed by atoms with Crippen LogP contribution in [0.5, 0.6) is 5.75 Å². The zero-order valence-corrected chi connectivity index (χ0v) is 23.9. The van der Waals surface area contributed by atoms with Crippen molar-refractivity contribution in [1.82, 2.24) is 9.88 Å². The fourth-order valence-electron chi connectivity index (χ4n) is 5.83. The van der Waals surface area contributed by atoms with E-state index in [0.717, 1.165) is 68.2 Å². The summed E-state index contributed by atoms with van der Waals surface area (Å²) in [5.74, 6) is 0.469. The molecular formula is C31H37Cl2FN2O3. The first kappa shape index (κ1) is 29.6. The third-order valence-corrected chi connectivity index (χ3v) is 8.88.